The Hall–Kier alpha value is -0.630. The van der Waals surface area contributed by atoms with Gasteiger partial charge in [-0.2, -0.15) is 0 Å². The number of carbonyl (C=O) groups excluding carboxylic acids is 1. The zero-order valence-corrected chi connectivity index (χ0v) is 8.41. The number of unbranched alkanes of at least 4 members (excludes halogenated alkanes) is 1. The van der Waals surface area contributed by atoms with Crippen molar-refractivity contribution < 1.29 is 4.79 Å². The van der Waals surface area contributed by atoms with Gasteiger partial charge in [-0.25, -0.2) is 0 Å². The van der Waals surface area contributed by atoms with Crippen LogP contribution in [-0.4, -0.2) is 5.78 Å². The molecule has 0 spiro atoms. The minimum Gasteiger partial charge on any atom is -0.293 e. The molecule has 0 atom stereocenters. The van der Waals surface area contributed by atoms with Crippen molar-refractivity contribution >= 4 is 17.1 Å². The van der Waals surface area contributed by atoms with Gasteiger partial charge in [0.1, 0.15) is 0 Å². The Morgan fingerprint density at radius 3 is 2.83 bits per heavy atom. The summed E-state index contributed by atoms with van der Waals surface area (Å²) in [5, 5.41) is 2.03. The Morgan fingerprint density at radius 2 is 2.33 bits per heavy atom. The maximum absolute atomic E-state index is 11.4. The Balaban J connectivity index is 2.53. The van der Waals surface area contributed by atoms with Crippen LogP contribution < -0.4 is 0 Å². The van der Waals surface area contributed by atoms with Gasteiger partial charge in [-0.3, -0.25) is 4.79 Å². The highest BCUT2D eigenvalue weighted by Crippen LogP contribution is 2.16. The van der Waals surface area contributed by atoms with Crippen molar-refractivity contribution in [2.75, 3.05) is 0 Å². The Kier molecular flexibility index (Phi) is 3.48. The van der Waals surface area contributed by atoms with Gasteiger partial charge in [-0.15, -0.1) is 11.3 Å². The van der Waals surface area contributed by atoms with E-state index in [1.165, 1.54) is 5.56 Å². The second-order valence-electron chi connectivity index (χ2n) is 3.02. The van der Waals surface area contributed by atoms with Gasteiger partial charge in [-0.05, 0) is 30.4 Å². The molecule has 2 heteroatoms. The molecule has 0 unspecified atom stereocenters. The summed E-state index contributed by atoms with van der Waals surface area (Å²) in [4.78, 5) is 12.3. The molecular formula is C10H14OS. The third kappa shape index (κ3) is 2.45. The molecule has 0 saturated carbocycles. The highest BCUT2D eigenvalue weighted by molar-refractivity contribution is 7.12. The van der Waals surface area contributed by atoms with E-state index in [0.29, 0.717) is 12.2 Å². The van der Waals surface area contributed by atoms with Crippen molar-refractivity contribution in [1.29, 1.82) is 0 Å². The molecule has 0 aliphatic carbocycles. The van der Waals surface area contributed by atoms with Crippen molar-refractivity contribution in [1.82, 2.24) is 0 Å². The summed E-state index contributed by atoms with van der Waals surface area (Å²) in [6, 6.07) is 1.97. The Labute approximate surface area is 77.4 Å². The van der Waals surface area contributed by atoms with Crippen molar-refractivity contribution in [2.24, 2.45) is 0 Å². The van der Waals surface area contributed by atoms with Crippen LogP contribution in [0.5, 0.6) is 0 Å². The molecule has 0 N–H and O–H groups in total. The molecule has 1 aromatic heterocycles. The third-order valence-electron chi connectivity index (χ3n) is 1.76. The first-order valence-electron chi connectivity index (χ1n) is 4.32. The number of thiophene rings is 1. The monoisotopic (exact) mass is 182 g/mol. The van der Waals surface area contributed by atoms with E-state index in [1.54, 1.807) is 11.3 Å². The smallest absolute Gasteiger partial charge is 0.172 e. The topological polar surface area (TPSA) is 17.1 Å². The van der Waals surface area contributed by atoms with Crippen LogP contribution in [0.25, 0.3) is 0 Å². The average molecular weight is 182 g/mol. The summed E-state index contributed by atoms with van der Waals surface area (Å²) >= 11 is 1.56. The van der Waals surface area contributed by atoms with Crippen LogP contribution in [0, 0.1) is 6.92 Å². The summed E-state index contributed by atoms with van der Waals surface area (Å²) < 4.78 is 0. The Morgan fingerprint density at radius 1 is 1.58 bits per heavy atom. The molecule has 0 radical (unpaired) electrons. The largest absolute Gasteiger partial charge is 0.293 e. The van der Waals surface area contributed by atoms with E-state index in [2.05, 4.69) is 6.92 Å². The number of rotatable bonds is 4. The van der Waals surface area contributed by atoms with Crippen LogP contribution in [0.1, 0.15) is 41.4 Å². The normalized spacial score (nSPS) is 10.2. The molecule has 0 aliphatic heterocycles. The lowest BCUT2D eigenvalue weighted by Crippen LogP contribution is -1.94. The lowest BCUT2D eigenvalue weighted by Gasteiger charge is -1.93. The fourth-order valence-electron chi connectivity index (χ4n) is 1.04. The molecule has 1 rings (SSSR count). The van der Waals surface area contributed by atoms with Crippen LogP contribution in [0.3, 0.4) is 0 Å². The van der Waals surface area contributed by atoms with Crippen molar-refractivity contribution in [2.45, 2.75) is 33.1 Å². The summed E-state index contributed by atoms with van der Waals surface area (Å²) in [5.74, 6) is 0.301. The molecule has 0 aromatic carbocycles. The number of aryl methyl sites for hydroxylation is 1. The molecule has 1 heterocycles. The lowest BCUT2D eigenvalue weighted by atomic mass is 10.1. The fourth-order valence-corrected chi connectivity index (χ4v) is 1.91. The van der Waals surface area contributed by atoms with E-state index in [1.807, 2.05) is 18.4 Å². The van der Waals surface area contributed by atoms with Gasteiger partial charge in [0.15, 0.2) is 5.78 Å². The second-order valence-corrected chi connectivity index (χ2v) is 3.93. The van der Waals surface area contributed by atoms with Crippen molar-refractivity contribution in [3.63, 3.8) is 0 Å². The van der Waals surface area contributed by atoms with Gasteiger partial charge < -0.3 is 0 Å². The predicted molar refractivity (Wildman–Crippen MR) is 52.9 cm³/mol. The van der Waals surface area contributed by atoms with Gasteiger partial charge in [0, 0.05) is 6.42 Å². The lowest BCUT2D eigenvalue weighted by molar-refractivity contribution is 0.0983. The number of carbonyl (C=O) groups is 1. The molecule has 1 nitrogen and oxygen atoms in total. The Bertz CT molecular complexity index is 263. The maximum atomic E-state index is 11.4. The molecule has 0 amide bonds. The molecule has 1 aromatic rings. The minimum absolute atomic E-state index is 0.301. The first kappa shape index (κ1) is 9.46. The van der Waals surface area contributed by atoms with Crippen molar-refractivity contribution in [3.05, 3.63) is 21.9 Å². The zero-order chi connectivity index (χ0) is 8.97. The number of hydrogen-bond donors (Lipinski definition) is 0. The minimum atomic E-state index is 0.301. The molecule has 12 heavy (non-hydrogen) atoms. The van der Waals surface area contributed by atoms with Crippen LogP contribution in [0.2, 0.25) is 0 Å². The summed E-state index contributed by atoms with van der Waals surface area (Å²) in [6.07, 6.45) is 2.81. The number of ketones is 1. The standard InChI is InChI=1S/C10H14OS/c1-3-4-5-9(11)10-6-8(2)7-12-10/h6-7H,3-5H2,1-2H3. The van der Waals surface area contributed by atoms with Gasteiger partial charge >= 0.3 is 0 Å². The number of hydrogen-bond acceptors (Lipinski definition) is 2. The molecule has 66 valence electrons. The molecule has 0 fully saturated rings. The summed E-state index contributed by atoms with van der Waals surface area (Å²) in [6.45, 7) is 4.13. The van der Waals surface area contributed by atoms with E-state index in [-0.39, 0.29) is 0 Å². The first-order valence-corrected chi connectivity index (χ1v) is 5.20. The van der Waals surface area contributed by atoms with E-state index < -0.39 is 0 Å². The molecular weight excluding hydrogens is 168 g/mol. The molecule has 0 aliphatic rings. The maximum Gasteiger partial charge on any atom is 0.172 e. The van der Waals surface area contributed by atoms with Gasteiger partial charge in [0.25, 0.3) is 0 Å². The van der Waals surface area contributed by atoms with Crippen LogP contribution >= 0.6 is 11.3 Å². The van der Waals surface area contributed by atoms with E-state index >= 15 is 0 Å². The molecule has 0 saturated heterocycles. The second kappa shape index (κ2) is 4.41. The van der Waals surface area contributed by atoms with Gasteiger partial charge in [0.05, 0.1) is 4.88 Å². The third-order valence-corrected chi connectivity index (χ3v) is 2.85. The highest BCUT2D eigenvalue weighted by atomic mass is 32.1. The zero-order valence-electron chi connectivity index (χ0n) is 7.59. The predicted octanol–water partition coefficient (Wildman–Crippen LogP) is 3.43. The fraction of sp³-hybridized carbons (Fsp3) is 0.500. The van der Waals surface area contributed by atoms with E-state index in [4.69, 9.17) is 0 Å². The van der Waals surface area contributed by atoms with Crippen LogP contribution in [-0.2, 0) is 0 Å². The van der Waals surface area contributed by atoms with Crippen molar-refractivity contribution in [3.8, 4) is 0 Å². The molecule has 0 bridgehead atoms. The van der Waals surface area contributed by atoms with Crippen LogP contribution in [0.15, 0.2) is 11.4 Å². The van der Waals surface area contributed by atoms with Gasteiger partial charge in [0.2, 0.25) is 0 Å². The van der Waals surface area contributed by atoms with E-state index in [0.717, 1.165) is 17.7 Å². The first-order chi connectivity index (χ1) is 5.74. The number of Topliss-reactive ketones (excluding diaryl/α,β-unsaturated/α-hetero) is 1. The average Bonchev–Trinajstić information content (AvgIpc) is 2.47. The summed E-state index contributed by atoms with van der Waals surface area (Å²) in [5.41, 5.74) is 1.19. The SMILES string of the molecule is CCCCC(=O)c1cc(C)cs1. The summed E-state index contributed by atoms with van der Waals surface area (Å²) in [7, 11) is 0. The highest BCUT2D eigenvalue weighted by Gasteiger charge is 2.06. The quantitative estimate of drug-likeness (QED) is 0.652. The van der Waals surface area contributed by atoms with Gasteiger partial charge in [-0.1, -0.05) is 13.3 Å². The van der Waals surface area contributed by atoms with Crippen LogP contribution in [0.4, 0.5) is 0 Å². The van der Waals surface area contributed by atoms with E-state index in [9.17, 15) is 4.79 Å².